The van der Waals surface area contributed by atoms with Crippen molar-refractivity contribution in [2.45, 2.75) is 0 Å². The van der Waals surface area contributed by atoms with E-state index in [0.717, 1.165) is 0 Å². The van der Waals surface area contributed by atoms with Gasteiger partial charge in [0.2, 0.25) is 0 Å². The molecule has 0 spiro atoms. The number of hydrogen-bond acceptors (Lipinski definition) is 8. The predicted octanol–water partition coefficient (Wildman–Crippen LogP) is 0.353. The first kappa shape index (κ1) is 20.1. The molecule has 0 saturated heterocycles. The molecule has 8 nitrogen and oxygen atoms in total. The summed E-state index contributed by atoms with van der Waals surface area (Å²) in [6.07, 6.45) is -0.351. The highest BCUT2D eigenvalue weighted by atomic mass is 31.2. The zero-order valence-corrected chi connectivity index (χ0v) is 12.3. The van der Waals surface area contributed by atoms with Crippen LogP contribution in [-0.4, -0.2) is 58.3 Å². The average molecular weight is 298 g/mol. The molecular formula is C10H19O8P. The second-order valence-corrected chi connectivity index (χ2v) is 5.23. The van der Waals surface area contributed by atoms with Crippen molar-refractivity contribution in [2.75, 3.05) is 41.2 Å². The minimum Gasteiger partial charge on any atom is -0.469 e. The minimum atomic E-state index is -3.23. The summed E-state index contributed by atoms with van der Waals surface area (Å²) in [6.45, 7) is 2.88. The topological polar surface area (TPSA) is 108 Å². The van der Waals surface area contributed by atoms with Crippen molar-refractivity contribution in [1.82, 2.24) is 0 Å². The van der Waals surface area contributed by atoms with Crippen LogP contribution < -0.4 is 0 Å². The maximum atomic E-state index is 11.2. The number of carbonyl (C=O) groups excluding carboxylic acids is 2. The van der Waals surface area contributed by atoms with E-state index in [-0.39, 0.29) is 18.3 Å². The minimum absolute atomic E-state index is 0.0764. The van der Waals surface area contributed by atoms with Gasteiger partial charge in [-0.1, -0.05) is 6.58 Å². The van der Waals surface area contributed by atoms with Gasteiger partial charge >= 0.3 is 19.5 Å². The van der Waals surface area contributed by atoms with Crippen LogP contribution in [0.5, 0.6) is 0 Å². The summed E-state index contributed by atoms with van der Waals surface area (Å²) in [7, 11) is 1.65. The maximum Gasteiger partial charge on any atom is 0.341 e. The second-order valence-electron chi connectivity index (χ2n) is 2.96. The van der Waals surface area contributed by atoms with Crippen molar-refractivity contribution < 1.29 is 37.8 Å². The Bertz CT molecular complexity index is 329. The van der Waals surface area contributed by atoms with Crippen molar-refractivity contribution in [2.24, 2.45) is 0 Å². The Hall–Kier alpha value is -1.21. The van der Waals surface area contributed by atoms with Crippen molar-refractivity contribution in [3.05, 3.63) is 12.2 Å². The molecule has 0 fully saturated rings. The van der Waals surface area contributed by atoms with Crippen LogP contribution in [0.2, 0.25) is 0 Å². The Balaban J connectivity index is 0. The Kier molecular flexibility index (Phi) is 11.3. The zero-order chi connectivity index (χ0) is 15.5. The van der Waals surface area contributed by atoms with Gasteiger partial charge in [-0.15, -0.1) is 0 Å². The molecule has 0 rings (SSSR count). The fraction of sp³-hybridized carbons (Fsp3) is 0.600. The molecule has 0 radical (unpaired) electrons. The van der Waals surface area contributed by atoms with Gasteiger partial charge in [0.1, 0.15) is 6.16 Å². The Morgan fingerprint density at radius 1 is 1.11 bits per heavy atom. The summed E-state index contributed by atoms with van der Waals surface area (Å²) >= 11 is 0. The molecule has 0 aliphatic heterocycles. The molecule has 0 atom stereocenters. The van der Waals surface area contributed by atoms with Gasteiger partial charge in [-0.3, -0.25) is 9.36 Å². The van der Waals surface area contributed by atoms with Crippen LogP contribution in [-0.2, 0) is 32.7 Å². The quantitative estimate of drug-likeness (QED) is 0.425. The van der Waals surface area contributed by atoms with Crippen LogP contribution in [0.3, 0.4) is 0 Å². The lowest BCUT2D eigenvalue weighted by atomic mass is 10.3. The van der Waals surface area contributed by atoms with E-state index in [1.165, 1.54) is 28.4 Å². The van der Waals surface area contributed by atoms with Crippen molar-refractivity contribution in [3.8, 4) is 0 Å². The average Bonchev–Trinajstić information content (AvgIpc) is 2.45. The fourth-order valence-corrected chi connectivity index (χ4v) is 1.49. The van der Waals surface area contributed by atoms with Gasteiger partial charge in [0, 0.05) is 14.2 Å². The number of methoxy groups -OCH3 is 2. The van der Waals surface area contributed by atoms with Crippen LogP contribution in [0, 0.1) is 0 Å². The van der Waals surface area contributed by atoms with Crippen molar-refractivity contribution in [1.29, 1.82) is 0 Å². The van der Waals surface area contributed by atoms with E-state index in [1.807, 2.05) is 0 Å². The molecule has 0 amide bonds. The molecule has 0 unspecified atom stereocenters. The van der Waals surface area contributed by atoms with Gasteiger partial charge in [0.05, 0.1) is 26.4 Å². The van der Waals surface area contributed by atoms with Gasteiger partial charge in [-0.05, 0) is 0 Å². The molecule has 0 aliphatic rings. The number of esters is 2. The van der Waals surface area contributed by atoms with Crippen LogP contribution in [0.15, 0.2) is 12.2 Å². The van der Waals surface area contributed by atoms with E-state index >= 15 is 0 Å². The van der Waals surface area contributed by atoms with E-state index in [0.29, 0.717) is 0 Å². The lowest BCUT2D eigenvalue weighted by molar-refractivity contribution is -0.138. The van der Waals surface area contributed by atoms with Gasteiger partial charge in [-0.2, -0.15) is 0 Å². The first-order valence-corrected chi connectivity index (χ1v) is 6.67. The molecule has 0 aliphatic carbocycles. The van der Waals surface area contributed by atoms with E-state index in [2.05, 4.69) is 25.1 Å². The number of carbonyl (C=O) groups is 2. The third-order valence-electron chi connectivity index (χ3n) is 1.77. The van der Waals surface area contributed by atoms with Crippen molar-refractivity contribution in [3.63, 3.8) is 0 Å². The first-order chi connectivity index (χ1) is 8.79. The van der Waals surface area contributed by atoms with Gasteiger partial charge < -0.3 is 23.6 Å². The Morgan fingerprint density at radius 2 is 1.58 bits per heavy atom. The molecule has 0 heterocycles. The Labute approximate surface area is 111 Å². The molecule has 0 aromatic carbocycles. The highest BCUT2D eigenvalue weighted by Gasteiger charge is 2.25. The van der Waals surface area contributed by atoms with Crippen LogP contribution in [0.1, 0.15) is 0 Å². The lowest BCUT2D eigenvalue weighted by Gasteiger charge is -2.10. The summed E-state index contributed by atoms with van der Waals surface area (Å²) in [4.78, 5) is 20.9. The smallest absolute Gasteiger partial charge is 0.341 e. The van der Waals surface area contributed by atoms with Crippen LogP contribution in [0.25, 0.3) is 0 Å². The van der Waals surface area contributed by atoms with Crippen LogP contribution in [0.4, 0.5) is 0 Å². The normalized spacial score (nSPS) is 9.95. The molecule has 9 heteroatoms. The largest absolute Gasteiger partial charge is 0.469 e. The predicted molar refractivity (Wildman–Crippen MR) is 66.7 cm³/mol. The molecule has 0 aromatic rings. The van der Waals surface area contributed by atoms with Crippen LogP contribution >= 0.6 is 7.60 Å². The van der Waals surface area contributed by atoms with E-state index < -0.39 is 19.5 Å². The summed E-state index contributed by atoms with van der Waals surface area (Å²) in [5, 5.41) is 8.24. The molecule has 0 bridgehead atoms. The second kappa shape index (κ2) is 10.7. The summed E-state index contributed by atoms with van der Waals surface area (Å²) < 4.78 is 28.6. The molecule has 1 N–H and O–H groups in total. The van der Waals surface area contributed by atoms with Gasteiger partial charge in [0.25, 0.3) is 0 Å². The third-order valence-corrected chi connectivity index (χ3v) is 3.53. The van der Waals surface area contributed by atoms with E-state index in [1.54, 1.807) is 0 Å². The lowest BCUT2D eigenvalue weighted by Crippen LogP contribution is -2.08. The zero-order valence-electron chi connectivity index (χ0n) is 11.4. The monoisotopic (exact) mass is 298 g/mol. The maximum absolute atomic E-state index is 11.2. The SMILES string of the molecule is C=C(CO)C(=O)OC.COC(=O)CP(=O)(OC)OC. The van der Waals surface area contributed by atoms with E-state index in [9.17, 15) is 14.2 Å². The first-order valence-electron chi connectivity index (χ1n) is 4.94. The number of hydrogen-bond donors (Lipinski definition) is 1. The van der Waals surface area contributed by atoms with Gasteiger partial charge in [-0.25, -0.2) is 4.79 Å². The molecule has 112 valence electrons. The number of rotatable bonds is 6. The third kappa shape index (κ3) is 9.38. The summed E-state index contributed by atoms with van der Waals surface area (Å²) in [6, 6.07) is 0. The Morgan fingerprint density at radius 3 is 1.79 bits per heavy atom. The number of ether oxygens (including phenoxy) is 2. The summed E-state index contributed by atoms with van der Waals surface area (Å²) in [5.41, 5.74) is 0.0764. The van der Waals surface area contributed by atoms with E-state index in [4.69, 9.17) is 5.11 Å². The molecule has 0 saturated carbocycles. The highest BCUT2D eigenvalue weighted by Crippen LogP contribution is 2.45. The highest BCUT2D eigenvalue weighted by molar-refractivity contribution is 7.54. The molecule has 0 aromatic heterocycles. The number of aliphatic hydroxyl groups excluding tert-OH is 1. The van der Waals surface area contributed by atoms with Gasteiger partial charge in [0.15, 0.2) is 0 Å². The number of aliphatic hydroxyl groups is 1. The summed E-state index contributed by atoms with van der Waals surface area (Å²) in [5.74, 6) is -1.18. The molecular weight excluding hydrogens is 279 g/mol. The fourth-order valence-electron chi connectivity index (χ4n) is 0.635. The van der Waals surface area contributed by atoms with Crippen molar-refractivity contribution >= 4 is 19.5 Å². The standard InChI is InChI=1S/C5H11O5P.C5H8O3/c1-8-5(6)4-11(7,9-2)10-3;1-4(3-6)5(7)8-2/h4H2,1-3H3;6H,1,3H2,2H3. The molecule has 19 heavy (non-hydrogen) atoms.